The molecular weight excluding hydrogens is 167 g/mol. The van der Waals surface area contributed by atoms with Gasteiger partial charge in [0.2, 0.25) is 0 Å². The molecule has 1 aliphatic rings. The first-order chi connectivity index (χ1) is 3.21. The second-order valence-corrected chi connectivity index (χ2v) is 1.92. The summed E-state index contributed by atoms with van der Waals surface area (Å²) in [7, 11) is -4.24. The van der Waals surface area contributed by atoms with Crippen LogP contribution in [0.25, 0.3) is 0 Å². The van der Waals surface area contributed by atoms with Gasteiger partial charge in [-0.3, -0.25) is 4.57 Å². The molecule has 0 N–H and O–H groups in total. The van der Waals surface area contributed by atoms with Crippen molar-refractivity contribution in [3.8, 4) is 0 Å². The number of hydrogen-bond donors (Lipinski definition) is 0. The molecule has 0 aliphatic carbocycles. The quantitative estimate of drug-likeness (QED) is 0.259. The summed E-state index contributed by atoms with van der Waals surface area (Å²) < 4.78 is 16.6. The maximum absolute atomic E-state index is 9.76. The van der Waals surface area contributed by atoms with Gasteiger partial charge in [-0.25, -0.2) is 0 Å². The van der Waals surface area contributed by atoms with E-state index in [4.69, 9.17) is 0 Å². The van der Waals surface area contributed by atoms with Crippen molar-refractivity contribution in [1.29, 1.82) is 0 Å². The van der Waals surface area contributed by atoms with Crippen LogP contribution in [0.4, 0.5) is 0 Å². The van der Waals surface area contributed by atoms with Gasteiger partial charge in [0.25, 0.3) is 0 Å². The average Bonchev–Trinajstić information content (AvgIpc) is 1.84. The zero-order valence-electron chi connectivity index (χ0n) is 3.60. The summed E-state index contributed by atoms with van der Waals surface area (Å²) in [6.07, 6.45) is 0. The van der Waals surface area contributed by atoms with E-state index in [0.717, 1.165) is 0 Å². The molecule has 8 heavy (non-hydrogen) atoms. The molecule has 0 spiro atoms. The van der Waals surface area contributed by atoms with Crippen LogP contribution in [0.2, 0.25) is 0 Å². The molecule has 0 aromatic rings. The van der Waals surface area contributed by atoms with Crippen molar-refractivity contribution in [2.45, 2.75) is 0 Å². The Morgan fingerprint density at radius 1 is 1.25 bits per heavy atom. The normalized spacial score (nSPS) is 24.6. The third-order valence-corrected chi connectivity index (χ3v) is 0.758. The molecule has 8 heteroatoms. The molecule has 0 bridgehead atoms. The molecule has 1 saturated heterocycles. The molecule has 0 saturated carbocycles. The molecule has 6 nitrogen and oxygen atoms in total. The third kappa shape index (κ3) is 2.72. The van der Waals surface area contributed by atoms with E-state index in [2.05, 4.69) is 19.4 Å². The van der Waals surface area contributed by atoms with E-state index in [-0.39, 0.29) is 37.7 Å². The Kier molecular flexibility index (Phi) is 4.01. The van der Waals surface area contributed by atoms with E-state index in [0.29, 0.717) is 0 Å². The average molecular weight is 167 g/mol. The first kappa shape index (κ1) is 9.29. The molecule has 1 aliphatic heterocycles. The zero-order chi connectivity index (χ0) is 5.33. The smallest absolute Gasteiger partial charge is 0.753 e. The second kappa shape index (κ2) is 3.46. The first-order valence-electron chi connectivity index (χ1n) is 1.23. The van der Waals surface area contributed by atoms with E-state index >= 15 is 0 Å². The van der Waals surface area contributed by atoms with Crippen molar-refractivity contribution in [2.75, 3.05) is 0 Å². The van der Waals surface area contributed by atoms with Crippen LogP contribution in [0.15, 0.2) is 0 Å². The molecule has 0 amide bonds. The zero-order valence-corrected chi connectivity index (χ0v) is 6.71. The summed E-state index contributed by atoms with van der Waals surface area (Å²) in [6.45, 7) is 0. The van der Waals surface area contributed by atoms with Crippen LogP contribution in [0.5, 0.6) is 0 Å². The third-order valence-electron chi connectivity index (χ3n) is 0.271. The Hall–Kier alpha value is 1.29. The molecule has 43 valence electrons. The predicted molar refractivity (Wildman–Crippen MR) is 17.7 cm³/mol. The SMILES string of the molecule is O=P1([O-])OOOO1.[Ca+]. The van der Waals surface area contributed by atoms with Crippen LogP contribution >= 0.6 is 7.82 Å². The van der Waals surface area contributed by atoms with E-state index in [9.17, 15) is 9.46 Å². The second-order valence-electron chi connectivity index (χ2n) is 0.732. The summed E-state index contributed by atoms with van der Waals surface area (Å²) >= 11 is 0. The number of hydrogen-bond acceptors (Lipinski definition) is 6. The summed E-state index contributed by atoms with van der Waals surface area (Å²) in [4.78, 5) is 9.76. The van der Waals surface area contributed by atoms with Crippen molar-refractivity contribution in [3.05, 3.63) is 0 Å². The van der Waals surface area contributed by atoms with Crippen LogP contribution < -0.4 is 4.89 Å². The Balaban J connectivity index is 0.000000490. The van der Waals surface area contributed by atoms with Gasteiger partial charge in [0, 0.05) is 0 Å². The fraction of sp³-hybridized carbons (Fsp3) is 0. The maximum atomic E-state index is 9.76. The van der Waals surface area contributed by atoms with Crippen molar-refractivity contribution in [1.82, 2.24) is 0 Å². The minimum absolute atomic E-state index is 0. The van der Waals surface area contributed by atoms with E-state index < -0.39 is 7.82 Å². The van der Waals surface area contributed by atoms with Crippen molar-refractivity contribution >= 4 is 45.6 Å². The summed E-state index contributed by atoms with van der Waals surface area (Å²) in [5.41, 5.74) is 0. The van der Waals surface area contributed by atoms with E-state index in [1.165, 1.54) is 0 Å². The van der Waals surface area contributed by atoms with Crippen molar-refractivity contribution in [3.63, 3.8) is 0 Å². The van der Waals surface area contributed by atoms with Crippen LogP contribution in [-0.4, -0.2) is 37.7 Å². The van der Waals surface area contributed by atoms with Gasteiger partial charge < -0.3 is 4.89 Å². The molecule has 1 fully saturated rings. The number of phosphoric acid groups is 1. The molecule has 0 aromatic heterocycles. The van der Waals surface area contributed by atoms with Gasteiger partial charge in [-0.05, 0) is 10.1 Å². The fourth-order valence-electron chi connectivity index (χ4n) is 0.112. The fourth-order valence-corrected chi connectivity index (χ4v) is 0.335. The Labute approximate surface area is 74.1 Å². The largest absolute Gasteiger partial charge is 1.00 e. The summed E-state index contributed by atoms with van der Waals surface area (Å²) in [5.74, 6) is 0. The molecule has 0 unspecified atom stereocenters. The first-order valence-corrected chi connectivity index (χ1v) is 2.69. The summed E-state index contributed by atoms with van der Waals surface area (Å²) in [5, 5.41) is 6.72. The maximum Gasteiger partial charge on any atom is 1.00 e. The summed E-state index contributed by atoms with van der Waals surface area (Å²) in [6, 6.07) is 0. The molecule has 1 rings (SSSR count). The van der Waals surface area contributed by atoms with Gasteiger partial charge in [-0.2, -0.15) is 0 Å². The standard InChI is InChI=1S/Ca.HO6P/c;1-7(2)5-3-4-6-7/h;(H,1,2)/q+1;/p-1. The molecular formula is CaO6P. The van der Waals surface area contributed by atoms with Crippen LogP contribution in [0.3, 0.4) is 0 Å². The van der Waals surface area contributed by atoms with Crippen LogP contribution in [-0.2, 0) is 24.0 Å². The Morgan fingerprint density at radius 3 is 1.75 bits per heavy atom. The van der Waals surface area contributed by atoms with Gasteiger partial charge >= 0.3 is 45.6 Å². The Bertz CT molecular complexity index is 99.1. The molecule has 1 radical (unpaired) electrons. The van der Waals surface area contributed by atoms with Crippen LogP contribution in [0, 0.1) is 0 Å². The minimum Gasteiger partial charge on any atom is -0.753 e. The van der Waals surface area contributed by atoms with Gasteiger partial charge in [-0.15, -0.1) is 9.35 Å². The molecule has 1 heterocycles. The molecule has 0 aromatic carbocycles. The predicted octanol–water partition coefficient (Wildman–Crippen LogP) is -1.10. The number of rotatable bonds is 0. The van der Waals surface area contributed by atoms with Crippen molar-refractivity contribution < 1.29 is 28.9 Å². The van der Waals surface area contributed by atoms with E-state index in [1.54, 1.807) is 0 Å². The topological polar surface area (TPSA) is 77.1 Å². The monoisotopic (exact) mass is 167 g/mol. The van der Waals surface area contributed by atoms with Crippen LogP contribution in [0.1, 0.15) is 0 Å². The van der Waals surface area contributed by atoms with Gasteiger partial charge in [0.05, 0.1) is 0 Å². The van der Waals surface area contributed by atoms with Gasteiger partial charge in [0.1, 0.15) is 0 Å². The van der Waals surface area contributed by atoms with Gasteiger partial charge in [-0.1, -0.05) is 0 Å². The van der Waals surface area contributed by atoms with E-state index in [1.807, 2.05) is 0 Å². The van der Waals surface area contributed by atoms with Crippen molar-refractivity contribution in [2.24, 2.45) is 0 Å². The Morgan fingerprint density at radius 2 is 1.62 bits per heavy atom. The van der Waals surface area contributed by atoms with Gasteiger partial charge in [0.15, 0.2) is 0 Å². The minimum atomic E-state index is -4.24. The molecule has 0 atom stereocenters.